The van der Waals surface area contributed by atoms with Crippen molar-refractivity contribution in [3.05, 3.63) is 58.7 Å². The van der Waals surface area contributed by atoms with Gasteiger partial charge in [-0.2, -0.15) is 0 Å². The van der Waals surface area contributed by atoms with E-state index in [4.69, 9.17) is 22.1 Å². The highest BCUT2D eigenvalue weighted by Crippen LogP contribution is 2.36. The lowest BCUT2D eigenvalue weighted by molar-refractivity contribution is -0.123. The number of aromatic nitrogens is 1. The highest BCUT2D eigenvalue weighted by molar-refractivity contribution is 6.32. The first kappa shape index (κ1) is 21.4. The van der Waals surface area contributed by atoms with Crippen molar-refractivity contribution in [3.8, 4) is 11.4 Å². The van der Waals surface area contributed by atoms with Gasteiger partial charge in [0.15, 0.2) is 0 Å². The van der Waals surface area contributed by atoms with E-state index in [1.807, 2.05) is 6.07 Å². The lowest BCUT2D eigenvalue weighted by Gasteiger charge is -2.31. The van der Waals surface area contributed by atoms with E-state index < -0.39 is 0 Å². The van der Waals surface area contributed by atoms with Gasteiger partial charge >= 0.3 is 0 Å². The molecule has 2 aromatic carbocycles. The van der Waals surface area contributed by atoms with Crippen LogP contribution in [0.3, 0.4) is 0 Å². The summed E-state index contributed by atoms with van der Waals surface area (Å²) >= 11 is 6.70. The first-order chi connectivity index (χ1) is 15.5. The topological polar surface area (TPSA) is 60.5 Å². The van der Waals surface area contributed by atoms with Gasteiger partial charge in [-0.3, -0.25) is 9.69 Å². The van der Waals surface area contributed by atoms with Gasteiger partial charge in [-0.15, -0.1) is 0 Å². The number of carbonyl (C=O) groups is 1. The van der Waals surface area contributed by atoms with Gasteiger partial charge in [0, 0.05) is 48.4 Å². The minimum absolute atomic E-state index is 0.0565. The van der Waals surface area contributed by atoms with Crippen LogP contribution >= 0.6 is 11.6 Å². The Bertz CT molecular complexity index is 1150. The fourth-order valence-corrected chi connectivity index (χ4v) is 5.57. The van der Waals surface area contributed by atoms with Crippen LogP contribution in [0.1, 0.15) is 36.8 Å². The smallest absolute Gasteiger partial charge is 0.220 e. The summed E-state index contributed by atoms with van der Waals surface area (Å²) in [6.07, 6.45) is 6.06. The molecule has 0 saturated heterocycles. The maximum atomic E-state index is 11.5. The molecule has 0 spiro atoms. The fourth-order valence-electron chi connectivity index (χ4n) is 5.29. The maximum absolute atomic E-state index is 11.5. The monoisotopic (exact) mass is 451 g/mol. The zero-order chi connectivity index (χ0) is 22.2. The molecule has 2 heterocycles. The molecule has 1 aromatic heterocycles. The Hall–Kier alpha value is -2.50. The van der Waals surface area contributed by atoms with Crippen molar-refractivity contribution >= 4 is 28.4 Å². The third-order valence-electron chi connectivity index (χ3n) is 7.04. The van der Waals surface area contributed by atoms with Crippen LogP contribution in [0.4, 0.5) is 0 Å². The number of hydrogen-bond donors (Lipinski definition) is 1. The number of fused-ring (bicyclic) bond motifs is 2. The van der Waals surface area contributed by atoms with Crippen molar-refractivity contribution in [2.75, 3.05) is 19.7 Å². The number of amides is 1. The van der Waals surface area contributed by atoms with Crippen LogP contribution < -0.4 is 10.5 Å². The van der Waals surface area contributed by atoms with E-state index in [-0.39, 0.29) is 11.8 Å². The van der Waals surface area contributed by atoms with Crippen molar-refractivity contribution in [1.82, 2.24) is 9.47 Å². The van der Waals surface area contributed by atoms with Gasteiger partial charge in [-0.25, -0.2) is 0 Å². The number of rotatable bonds is 4. The molecule has 168 valence electrons. The third-order valence-corrected chi connectivity index (χ3v) is 7.32. The molecule has 1 amide bonds. The Morgan fingerprint density at radius 2 is 1.97 bits per heavy atom. The Kier molecular flexibility index (Phi) is 5.87. The second kappa shape index (κ2) is 8.80. The van der Waals surface area contributed by atoms with E-state index in [0.29, 0.717) is 17.5 Å². The molecule has 0 radical (unpaired) electrons. The Morgan fingerprint density at radius 3 is 2.75 bits per heavy atom. The van der Waals surface area contributed by atoms with Crippen molar-refractivity contribution in [2.45, 2.75) is 39.2 Å². The van der Waals surface area contributed by atoms with E-state index in [9.17, 15) is 4.79 Å². The molecule has 0 bridgehead atoms. The largest absolute Gasteiger partial charge is 0.490 e. The molecule has 2 N–H and O–H groups in total. The lowest BCUT2D eigenvalue weighted by Crippen LogP contribution is -2.34. The third kappa shape index (κ3) is 4.24. The summed E-state index contributed by atoms with van der Waals surface area (Å²) < 4.78 is 8.27. The molecule has 5 rings (SSSR count). The zero-order valence-electron chi connectivity index (χ0n) is 18.5. The summed E-state index contributed by atoms with van der Waals surface area (Å²) in [5.74, 6) is 1.32. The van der Waals surface area contributed by atoms with Gasteiger partial charge in [0.1, 0.15) is 12.4 Å². The van der Waals surface area contributed by atoms with E-state index in [1.54, 1.807) is 0 Å². The van der Waals surface area contributed by atoms with E-state index in [0.717, 1.165) is 62.3 Å². The molecular weight excluding hydrogens is 422 g/mol. The molecule has 6 heteroatoms. The quantitative estimate of drug-likeness (QED) is 0.601. The molecule has 1 aliphatic carbocycles. The molecule has 0 atom stereocenters. The van der Waals surface area contributed by atoms with Gasteiger partial charge in [0.2, 0.25) is 5.91 Å². The molecule has 2 aliphatic rings. The van der Waals surface area contributed by atoms with Crippen LogP contribution in [-0.4, -0.2) is 35.1 Å². The molecule has 1 aliphatic heterocycles. The lowest BCUT2D eigenvalue weighted by atomic mass is 9.81. The van der Waals surface area contributed by atoms with Crippen LogP contribution in [0.25, 0.3) is 16.6 Å². The fraction of sp³-hybridized carbons (Fsp3) is 0.423. The number of benzene rings is 2. The van der Waals surface area contributed by atoms with Gasteiger partial charge in [0.05, 0.1) is 10.5 Å². The molecule has 1 fully saturated rings. The standard InChI is InChI=1S/C26H30ClN3O2/c1-17-2-7-24-20(12-17)8-9-30(24)22-13-21-16-29(10-11-32-25(21)23(27)14-22)15-18-3-5-19(6-4-18)26(28)31/h2,7-9,12-14,18-19H,3-6,10-11,15-16H2,1H3,(H2,28,31). The van der Waals surface area contributed by atoms with Crippen molar-refractivity contribution in [2.24, 2.45) is 17.6 Å². The average molecular weight is 452 g/mol. The highest BCUT2D eigenvalue weighted by atomic mass is 35.5. The van der Waals surface area contributed by atoms with E-state index in [1.165, 1.54) is 16.5 Å². The molecule has 3 aromatic rings. The van der Waals surface area contributed by atoms with Crippen molar-refractivity contribution < 1.29 is 9.53 Å². The van der Waals surface area contributed by atoms with E-state index >= 15 is 0 Å². The van der Waals surface area contributed by atoms with Gasteiger partial charge in [-0.1, -0.05) is 23.2 Å². The van der Waals surface area contributed by atoms with E-state index in [2.05, 4.69) is 52.9 Å². The molecular formula is C26H30ClN3O2. The average Bonchev–Trinajstić information content (AvgIpc) is 3.07. The summed E-state index contributed by atoms with van der Waals surface area (Å²) in [5, 5.41) is 1.88. The molecule has 5 nitrogen and oxygen atoms in total. The number of hydrogen-bond acceptors (Lipinski definition) is 3. The summed E-state index contributed by atoms with van der Waals surface area (Å²) in [4.78, 5) is 13.9. The van der Waals surface area contributed by atoms with Crippen LogP contribution in [-0.2, 0) is 11.3 Å². The van der Waals surface area contributed by atoms with Crippen LogP contribution in [0.2, 0.25) is 5.02 Å². The Morgan fingerprint density at radius 1 is 1.16 bits per heavy atom. The van der Waals surface area contributed by atoms with Crippen molar-refractivity contribution in [1.29, 1.82) is 0 Å². The van der Waals surface area contributed by atoms with Crippen LogP contribution in [0, 0.1) is 18.8 Å². The number of ether oxygens (including phenoxy) is 1. The van der Waals surface area contributed by atoms with Crippen LogP contribution in [0.5, 0.6) is 5.75 Å². The SMILES string of the molecule is Cc1ccc2c(ccn2-c2cc(Cl)c3c(c2)CN(CC2CCC(C(N)=O)CC2)CCO3)c1. The minimum atomic E-state index is -0.143. The van der Waals surface area contributed by atoms with Gasteiger partial charge in [0.25, 0.3) is 0 Å². The van der Waals surface area contributed by atoms with Gasteiger partial charge < -0.3 is 15.0 Å². The first-order valence-corrected chi connectivity index (χ1v) is 11.9. The second-order valence-electron chi connectivity index (χ2n) is 9.37. The summed E-state index contributed by atoms with van der Waals surface area (Å²) in [5.41, 5.74) is 10.1. The second-order valence-corrected chi connectivity index (χ2v) is 9.77. The highest BCUT2D eigenvalue weighted by Gasteiger charge is 2.27. The normalized spacial score (nSPS) is 21.7. The first-order valence-electron chi connectivity index (χ1n) is 11.5. The molecule has 1 saturated carbocycles. The number of aryl methyl sites for hydroxylation is 1. The predicted octanol–water partition coefficient (Wildman–Crippen LogP) is 5.08. The zero-order valence-corrected chi connectivity index (χ0v) is 19.3. The van der Waals surface area contributed by atoms with Crippen LogP contribution in [0.15, 0.2) is 42.6 Å². The number of carbonyl (C=O) groups excluding carboxylic acids is 1. The summed E-state index contributed by atoms with van der Waals surface area (Å²) in [7, 11) is 0. The predicted molar refractivity (Wildman–Crippen MR) is 128 cm³/mol. The number of halogens is 1. The molecule has 0 unspecified atom stereocenters. The maximum Gasteiger partial charge on any atom is 0.220 e. The van der Waals surface area contributed by atoms with Crippen molar-refractivity contribution in [3.63, 3.8) is 0 Å². The Balaban J connectivity index is 1.38. The minimum Gasteiger partial charge on any atom is -0.490 e. The number of primary amides is 1. The number of nitrogens with two attached hydrogens (primary N) is 1. The summed E-state index contributed by atoms with van der Waals surface area (Å²) in [6, 6.07) is 12.9. The molecule has 32 heavy (non-hydrogen) atoms. The Labute approximate surface area is 194 Å². The summed E-state index contributed by atoms with van der Waals surface area (Å²) in [6.45, 7) is 5.46. The van der Waals surface area contributed by atoms with Gasteiger partial charge in [-0.05, 0) is 68.9 Å². The number of nitrogens with zero attached hydrogens (tertiary/aromatic N) is 2.